The minimum atomic E-state index is -0.863. The number of aryl methyl sites for hydroxylation is 2. The molecule has 2 aromatic carbocycles. The van der Waals surface area contributed by atoms with Crippen LogP contribution in [0.25, 0.3) is 0 Å². The van der Waals surface area contributed by atoms with Gasteiger partial charge in [-0.15, -0.1) is 0 Å². The number of nitrogens with one attached hydrogen (secondary N) is 1. The molecule has 3 nitrogen and oxygen atoms in total. The first-order valence-corrected chi connectivity index (χ1v) is 9.63. The fraction of sp³-hybridized carbons (Fsp3) is 0.409. The van der Waals surface area contributed by atoms with Crippen LogP contribution in [0.5, 0.6) is 0 Å². The Balaban J connectivity index is 1.53. The fourth-order valence-corrected chi connectivity index (χ4v) is 3.62. The second-order valence-electron chi connectivity index (χ2n) is 7.43. The first kappa shape index (κ1) is 19.5. The molecule has 0 bridgehead atoms. The van der Waals surface area contributed by atoms with Gasteiger partial charge in [-0.1, -0.05) is 18.2 Å². The van der Waals surface area contributed by atoms with Crippen LogP contribution < -0.4 is 10.6 Å². The minimum Gasteiger partial charge on any atom is -0.345 e. The Hall–Kier alpha value is -2.27. The largest absolute Gasteiger partial charge is 0.345 e. The van der Waals surface area contributed by atoms with Crippen molar-refractivity contribution in [2.75, 3.05) is 6.54 Å². The lowest BCUT2D eigenvalue weighted by Gasteiger charge is -2.20. The van der Waals surface area contributed by atoms with Gasteiger partial charge in [0.2, 0.25) is 0 Å². The molecule has 27 heavy (non-hydrogen) atoms. The van der Waals surface area contributed by atoms with E-state index < -0.39 is 11.6 Å². The summed E-state index contributed by atoms with van der Waals surface area (Å²) in [4.78, 5) is 12.3. The van der Waals surface area contributed by atoms with Crippen LogP contribution in [0.1, 0.15) is 61.0 Å². The van der Waals surface area contributed by atoms with E-state index in [1.54, 1.807) is 6.07 Å². The van der Waals surface area contributed by atoms with E-state index in [0.29, 0.717) is 5.56 Å². The highest BCUT2D eigenvalue weighted by atomic mass is 19.2. The molecule has 1 aliphatic carbocycles. The van der Waals surface area contributed by atoms with E-state index in [2.05, 4.69) is 23.5 Å². The van der Waals surface area contributed by atoms with Crippen molar-refractivity contribution >= 4 is 5.91 Å². The molecule has 0 saturated carbocycles. The second kappa shape index (κ2) is 8.61. The molecule has 2 aromatic rings. The van der Waals surface area contributed by atoms with Crippen LogP contribution in [-0.2, 0) is 17.6 Å². The summed E-state index contributed by atoms with van der Waals surface area (Å²) in [7, 11) is 0. The van der Waals surface area contributed by atoms with Gasteiger partial charge in [-0.05, 0) is 74.4 Å². The van der Waals surface area contributed by atoms with Gasteiger partial charge >= 0.3 is 0 Å². The SMILES string of the molecule is C[C@H](NC(=O)C[NH2+][C@@H](C)c1ccc(F)c(F)c1)c1ccc2c(c1)CCCC2. The Morgan fingerprint density at radius 1 is 1.00 bits per heavy atom. The standard InChI is InChI=1S/C22H26F2N2O/c1-14(18-9-10-20(23)21(24)12-18)25-13-22(27)26-15(2)17-8-7-16-5-3-4-6-19(16)11-17/h7-12,14-15,25H,3-6,13H2,1-2H3,(H,26,27)/p+1/t14-,15-/m0/s1. The van der Waals surface area contributed by atoms with E-state index in [0.717, 1.165) is 24.5 Å². The number of carbonyl (C=O) groups is 1. The van der Waals surface area contributed by atoms with E-state index in [9.17, 15) is 13.6 Å². The van der Waals surface area contributed by atoms with E-state index in [-0.39, 0.29) is 24.5 Å². The molecule has 5 heteroatoms. The van der Waals surface area contributed by atoms with Gasteiger partial charge in [0.05, 0.1) is 6.04 Å². The maximum Gasteiger partial charge on any atom is 0.275 e. The smallest absolute Gasteiger partial charge is 0.275 e. The van der Waals surface area contributed by atoms with Gasteiger partial charge in [-0.25, -0.2) is 8.78 Å². The molecule has 0 unspecified atom stereocenters. The summed E-state index contributed by atoms with van der Waals surface area (Å²) in [5.74, 6) is -1.80. The summed E-state index contributed by atoms with van der Waals surface area (Å²) in [5, 5.41) is 4.85. The summed E-state index contributed by atoms with van der Waals surface area (Å²) in [6, 6.07) is 10.2. The van der Waals surface area contributed by atoms with Crippen LogP contribution in [-0.4, -0.2) is 12.5 Å². The van der Waals surface area contributed by atoms with Crippen LogP contribution in [0.15, 0.2) is 36.4 Å². The highest BCUT2D eigenvalue weighted by Gasteiger charge is 2.17. The van der Waals surface area contributed by atoms with Crippen molar-refractivity contribution in [3.05, 3.63) is 70.3 Å². The van der Waals surface area contributed by atoms with Gasteiger partial charge in [0.1, 0.15) is 6.04 Å². The number of nitrogens with two attached hydrogens (primary N) is 1. The highest BCUT2D eigenvalue weighted by Crippen LogP contribution is 2.24. The van der Waals surface area contributed by atoms with Crippen LogP contribution in [0, 0.1) is 11.6 Å². The maximum absolute atomic E-state index is 13.3. The number of carbonyl (C=O) groups excluding carboxylic acids is 1. The van der Waals surface area contributed by atoms with E-state index in [1.807, 2.05) is 19.2 Å². The molecule has 3 rings (SSSR count). The van der Waals surface area contributed by atoms with Crippen molar-refractivity contribution in [2.24, 2.45) is 0 Å². The lowest BCUT2D eigenvalue weighted by Crippen LogP contribution is -2.87. The number of rotatable bonds is 6. The lowest BCUT2D eigenvalue weighted by atomic mass is 9.89. The molecule has 0 aliphatic heterocycles. The van der Waals surface area contributed by atoms with Gasteiger partial charge in [0.25, 0.3) is 5.91 Å². The number of hydrogen-bond donors (Lipinski definition) is 2. The number of quaternary nitrogens is 1. The molecule has 0 radical (unpaired) electrons. The predicted molar refractivity (Wildman–Crippen MR) is 101 cm³/mol. The van der Waals surface area contributed by atoms with Crippen molar-refractivity contribution in [3.63, 3.8) is 0 Å². The van der Waals surface area contributed by atoms with Crippen LogP contribution in [0.3, 0.4) is 0 Å². The quantitative estimate of drug-likeness (QED) is 0.801. The van der Waals surface area contributed by atoms with Crippen molar-refractivity contribution in [3.8, 4) is 0 Å². The minimum absolute atomic E-state index is 0.0586. The molecule has 3 N–H and O–H groups in total. The zero-order valence-corrected chi connectivity index (χ0v) is 15.9. The first-order valence-electron chi connectivity index (χ1n) is 9.63. The molecule has 0 fully saturated rings. The summed E-state index contributed by atoms with van der Waals surface area (Å²) in [6.07, 6.45) is 4.75. The van der Waals surface area contributed by atoms with Crippen molar-refractivity contribution in [2.45, 2.75) is 51.6 Å². The Kier molecular flexibility index (Phi) is 6.22. The number of amides is 1. The molecular weight excluding hydrogens is 346 g/mol. The number of benzene rings is 2. The number of halogens is 2. The first-order chi connectivity index (χ1) is 12.9. The topological polar surface area (TPSA) is 45.7 Å². The predicted octanol–water partition coefficient (Wildman–Crippen LogP) is 3.35. The average Bonchev–Trinajstić information content (AvgIpc) is 2.67. The van der Waals surface area contributed by atoms with Gasteiger partial charge in [0, 0.05) is 5.56 Å². The van der Waals surface area contributed by atoms with Crippen molar-refractivity contribution < 1.29 is 18.9 Å². The molecule has 0 aromatic heterocycles. The van der Waals surface area contributed by atoms with Crippen molar-refractivity contribution in [1.82, 2.24) is 5.32 Å². The number of fused-ring (bicyclic) bond motifs is 1. The van der Waals surface area contributed by atoms with Crippen LogP contribution in [0.2, 0.25) is 0 Å². The van der Waals surface area contributed by atoms with Gasteiger partial charge in [-0.2, -0.15) is 0 Å². The summed E-state index contributed by atoms with van der Waals surface area (Å²) < 4.78 is 26.4. The Labute approximate surface area is 159 Å². The second-order valence-corrected chi connectivity index (χ2v) is 7.43. The fourth-order valence-electron chi connectivity index (χ4n) is 3.62. The molecule has 2 atom stereocenters. The molecule has 0 saturated heterocycles. The molecule has 1 amide bonds. The molecule has 1 aliphatic rings. The lowest BCUT2D eigenvalue weighted by molar-refractivity contribution is -0.682. The third-order valence-corrected chi connectivity index (χ3v) is 5.38. The maximum atomic E-state index is 13.3. The molecule has 0 heterocycles. The zero-order valence-electron chi connectivity index (χ0n) is 15.9. The summed E-state index contributed by atoms with van der Waals surface area (Å²) >= 11 is 0. The van der Waals surface area contributed by atoms with E-state index >= 15 is 0 Å². The number of hydrogen-bond acceptors (Lipinski definition) is 1. The van der Waals surface area contributed by atoms with E-state index in [4.69, 9.17) is 0 Å². The normalized spacial score (nSPS) is 15.7. The summed E-state index contributed by atoms with van der Waals surface area (Å²) in [5.41, 5.74) is 4.61. The van der Waals surface area contributed by atoms with Gasteiger partial charge < -0.3 is 10.6 Å². The Morgan fingerprint density at radius 3 is 2.44 bits per heavy atom. The third-order valence-electron chi connectivity index (χ3n) is 5.38. The summed E-state index contributed by atoms with van der Waals surface area (Å²) in [6.45, 7) is 4.09. The average molecular weight is 373 g/mol. The van der Waals surface area contributed by atoms with Crippen molar-refractivity contribution in [1.29, 1.82) is 0 Å². The monoisotopic (exact) mass is 373 g/mol. The highest BCUT2D eigenvalue weighted by molar-refractivity contribution is 5.77. The van der Waals surface area contributed by atoms with Gasteiger partial charge in [0.15, 0.2) is 18.2 Å². The molecular formula is C22H27F2N2O+. The van der Waals surface area contributed by atoms with Crippen LogP contribution in [0.4, 0.5) is 8.78 Å². The third kappa shape index (κ3) is 4.92. The Bertz CT molecular complexity index is 822. The van der Waals surface area contributed by atoms with E-state index in [1.165, 1.54) is 30.0 Å². The Morgan fingerprint density at radius 2 is 1.70 bits per heavy atom. The molecule has 144 valence electrons. The zero-order chi connectivity index (χ0) is 19.4. The molecule has 0 spiro atoms. The van der Waals surface area contributed by atoms with Crippen LogP contribution >= 0.6 is 0 Å². The van der Waals surface area contributed by atoms with Gasteiger partial charge in [-0.3, -0.25) is 4.79 Å².